The monoisotopic (exact) mass is 422 g/mol. The van der Waals surface area contributed by atoms with Crippen LogP contribution < -0.4 is 14.8 Å². The molecule has 0 fully saturated rings. The Kier molecular flexibility index (Phi) is 5.76. The summed E-state index contributed by atoms with van der Waals surface area (Å²) in [6.45, 7) is -0.703. The average Bonchev–Trinajstić information content (AvgIpc) is 3.17. The van der Waals surface area contributed by atoms with Gasteiger partial charge in [0.05, 0.1) is 17.3 Å². The first-order valence-electron chi connectivity index (χ1n) is 9.12. The first-order valence-corrected chi connectivity index (χ1v) is 9.94. The molecule has 1 N–H and O–H groups in total. The number of aromatic nitrogens is 1. The third kappa shape index (κ3) is 4.66. The molecule has 4 rings (SSSR count). The van der Waals surface area contributed by atoms with E-state index in [9.17, 15) is 9.59 Å². The summed E-state index contributed by atoms with van der Waals surface area (Å²) >= 11 is 1.31. The molecular weight excluding hydrogens is 404 g/mol. The van der Waals surface area contributed by atoms with Crippen LogP contribution in [0.3, 0.4) is 0 Å². The van der Waals surface area contributed by atoms with Gasteiger partial charge in [0.15, 0.2) is 18.3 Å². The number of anilines is 1. The molecule has 0 aliphatic heterocycles. The number of carbonyl (C=O) groups excluding carboxylic acids is 2. The van der Waals surface area contributed by atoms with Crippen molar-refractivity contribution < 1.29 is 23.8 Å². The van der Waals surface area contributed by atoms with Gasteiger partial charge in [-0.05, 0) is 41.1 Å². The van der Waals surface area contributed by atoms with Crippen molar-refractivity contribution in [3.05, 3.63) is 60.7 Å². The Bertz CT molecular complexity index is 1220. The summed E-state index contributed by atoms with van der Waals surface area (Å²) in [5, 5.41) is 5.14. The molecule has 1 aromatic heterocycles. The fourth-order valence-electron chi connectivity index (χ4n) is 2.83. The van der Waals surface area contributed by atoms with Crippen LogP contribution >= 0.6 is 11.3 Å². The number of benzene rings is 3. The molecule has 0 unspecified atom stereocenters. The van der Waals surface area contributed by atoms with Gasteiger partial charge in [0.25, 0.3) is 5.91 Å². The Labute approximate surface area is 176 Å². The molecule has 0 spiro atoms. The third-order valence-corrected chi connectivity index (χ3v) is 5.22. The van der Waals surface area contributed by atoms with Crippen molar-refractivity contribution in [2.75, 3.05) is 25.6 Å². The van der Waals surface area contributed by atoms with E-state index in [2.05, 4.69) is 10.3 Å². The Morgan fingerprint density at radius 2 is 1.77 bits per heavy atom. The first kappa shape index (κ1) is 19.7. The number of amides is 1. The van der Waals surface area contributed by atoms with E-state index >= 15 is 0 Å². The lowest BCUT2D eigenvalue weighted by Crippen LogP contribution is -2.23. The zero-order valence-corrected chi connectivity index (χ0v) is 16.9. The van der Waals surface area contributed by atoms with Gasteiger partial charge in [-0.2, -0.15) is 0 Å². The molecule has 0 atom stereocenters. The third-order valence-electron chi connectivity index (χ3n) is 4.28. The Balaban J connectivity index is 1.26. The largest absolute Gasteiger partial charge is 0.497 e. The molecule has 0 aliphatic rings. The number of ether oxygens (including phenoxy) is 3. The SMILES string of the molecule is COc1ccc2nc(NC(=O)COC(=O)COc3ccc4ccccc4c3)sc2c1. The number of methoxy groups -OCH3 is 1. The predicted molar refractivity (Wildman–Crippen MR) is 115 cm³/mol. The minimum absolute atomic E-state index is 0.285. The van der Waals surface area contributed by atoms with Gasteiger partial charge in [-0.25, -0.2) is 9.78 Å². The number of esters is 1. The number of nitrogens with one attached hydrogen (secondary N) is 1. The molecule has 152 valence electrons. The highest BCUT2D eigenvalue weighted by molar-refractivity contribution is 7.22. The van der Waals surface area contributed by atoms with Gasteiger partial charge in [0, 0.05) is 0 Å². The summed E-state index contributed by atoms with van der Waals surface area (Å²) in [7, 11) is 1.59. The van der Waals surface area contributed by atoms with Gasteiger partial charge < -0.3 is 14.2 Å². The van der Waals surface area contributed by atoms with E-state index in [1.807, 2.05) is 48.5 Å². The lowest BCUT2D eigenvalue weighted by atomic mass is 10.1. The summed E-state index contributed by atoms with van der Waals surface area (Å²) < 4.78 is 16.5. The molecule has 4 aromatic rings. The van der Waals surface area contributed by atoms with Crippen LogP contribution in [0.2, 0.25) is 0 Å². The second kappa shape index (κ2) is 8.79. The van der Waals surface area contributed by atoms with E-state index in [4.69, 9.17) is 14.2 Å². The second-order valence-electron chi connectivity index (χ2n) is 6.36. The molecule has 8 heteroatoms. The van der Waals surface area contributed by atoms with Gasteiger partial charge in [0.2, 0.25) is 0 Å². The number of nitrogens with zero attached hydrogens (tertiary/aromatic N) is 1. The highest BCUT2D eigenvalue weighted by Crippen LogP contribution is 2.29. The van der Waals surface area contributed by atoms with Gasteiger partial charge in [-0.15, -0.1) is 0 Å². The highest BCUT2D eigenvalue weighted by atomic mass is 32.1. The Morgan fingerprint density at radius 1 is 0.967 bits per heavy atom. The summed E-state index contributed by atoms with van der Waals surface area (Å²) in [6, 6.07) is 18.8. The summed E-state index contributed by atoms with van der Waals surface area (Å²) in [5.41, 5.74) is 0.747. The maximum Gasteiger partial charge on any atom is 0.344 e. The highest BCUT2D eigenvalue weighted by Gasteiger charge is 2.12. The van der Waals surface area contributed by atoms with E-state index < -0.39 is 18.5 Å². The number of carbonyl (C=O) groups is 2. The molecule has 1 amide bonds. The van der Waals surface area contributed by atoms with Crippen molar-refractivity contribution in [1.82, 2.24) is 4.98 Å². The molecule has 0 radical (unpaired) electrons. The zero-order chi connectivity index (χ0) is 20.9. The van der Waals surface area contributed by atoms with Crippen LogP contribution in [0.15, 0.2) is 60.7 Å². The predicted octanol–water partition coefficient (Wildman–Crippen LogP) is 4.02. The average molecular weight is 422 g/mol. The van der Waals surface area contributed by atoms with Crippen LogP contribution in [-0.2, 0) is 14.3 Å². The molecule has 0 saturated carbocycles. The zero-order valence-electron chi connectivity index (χ0n) is 16.1. The van der Waals surface area contributed by atoms with Gasteiger partial charge >= 0.3 is 5.97 Å². The van der Waals surface area contributed by atoms with E-state index in [0.717, 1.165) is 21.0 Å². The van der Waals surface area contributed by atoms with Crippen LogP contribution in [0.5, 0.6) is 11.5 Å². The molecule has 30 heavy (non-hydrogen) atoms. The van der Waals surface area contributed by atoms with Crippen molar-refractivity contribution in [3.63, 3.8) is 0 Å². The maximum atomic E-state index is 12.1. The van der Waals surface area contributed by atoms with Gasteiger partial charge in [-0.1, -0.05) is 41.7 Å². The fourth-order valence-corrected chi connectivity index (χ4v) is 3.74. The Hall–Kier alpha value is -3.65. The van der Waals surface area contributed by atoms with E-state index in [0.29, 0.717) is 16.6 Å². The molecule has 1 heterocycles. The topological polar surface area (TPSA) is 86.8 Å². The number of fused-ring (bicyclic) bond motifs is 2. The molecule has 0 aliphatic carbocycles. The number of hydrogen-bond donors (Lipinski definition) is 1. The van der Waals surface area contributed by atoms with E-state index in [1.165, 1.54) is 11.3 Å². The standard InChI is InChI=1S/C22H18N2O5S/c1-27-16-8-9-18-19(11-16)30-22(23-18)24-20(25)12-29-21(26)13-28-17-7-6-14-4-2-3-5-15(14)10-17/h2-11H,12-13H2,1H3,(H,23,24,25). The van der Waals surface area contributed by atoms with Crippen LogP contribution in [0.4, 0.5) is 5.13 Å². The smallest absolute Gasteiger partial charge is 0.344 e. The minimum Gasteiger partial charge on any atom is -0.497 e. The molecule has 0 saturated heterocycles. The number of hydrogen-bond acceptors (Lipinski definition) is 7. The first-order chi connectivity index (χ1) is 14.6. The van der Waals surface area contributed by atoms with Crippen LogP contribution in [0, 0.1) is 0 Å². The van der Waals surface area contributed by atoms with Gasteiger partial charge in [-0.3, -0.25) is 10.1 Å². The lowest BCUT2D eigenvalue weighted by molar-refractivity contribution is -0.149. The van der Waals surface area contributed by atoms with Crippen LogP contribution in [0.1, 0.15) is 0 Å². The van der Waals surface area contributed by atoms with Crippen LogP contribution in [-0.4, -0.2) is 37.2 Å². The molecule has 7 nitrogen and oxygen atoms in total. The van der Waals surface area contributed by atoms with Crippen molar-refractivity contribution in [3.8, 4) is 11.5 Å². The molecule has 0 bridgehead atoms. The summed E-state index contributed by atoms with van der Waals surface area (Å²) in [4.78, 5) is 28.3. The minimum atomic E-state index is -0.632. The normalized spacial score (nSPS) is 10.7. The van der Waals surface area contributed by atoms with Crippen molar-refractivity contribution in [2.45, 2.75) is 0 Å². The van der Waals surface area contributed by atoms with Crippen LogP contribution in [0.25, 0.3) is 21.0 Å². The van der Waals surface area contributed by atoms with Crippen molar-refractivity contribution in [2.24, 2.45) is 0 Å². The summed E-state index contributed by atoms with van der Waals surface area (Å²) in [6.07, 6.45) is 0. The van der Waals surface area contributed by atoms with Crippen molar-refractivity contribution >= 4 is 49.3 Å². The maximum absolute atomic E-state index is 12.1. The quantitative estimate of drug-likeness (QED) is 0.453. The Morgan fingerprint density at radius 3 is 2.60 bits per heavy atom. The fraction of sp³-hybridized carbons (Fsp3) is 0.136. The number of thiazole rings is 1. The second-order valence-corrected chi connectivity index (χ2v) is 7.39. The van der Waals surface area contributed by atoms with E-state index in [1.54, 1.807) is 19.2 Å². The molecule has 3 aromatic carbocycles. The van der Waals surface area contributed by atoms with Crippen molar-refractivity contribution in [1.29, 1.82) is 0 Å². The van der Waals surface area contributed by atoms with E-state index in [-0.39, 0.29) is 6.61 Å². The summed E-state index contributed by atoms with van der Waals surface area (Å²) in [5.74, 6) is 0.164. The number of rotatable bonds is 7. The lowest BCUT2D eigenvalue weighted by Gasteiger charge is -2.08. The van der Waals surface area contributed by atoms with Gasteiger partial charge in [0.1, 0.15) is 11.5 Å². The molecular formula is C22H18N2O5S.